The van der Waals surface area contributed by atoms with Crippen molar-refractivity contribution in [1.82, 2.24) is 0 Å². The molecule has 0 spiro atoms. The Morgan fingerprint density at radius 1 is 1.08 bits per heavy atom. The van der Waals surface area contributed by atoms with E-state index in [1.54, 1.807) is 67.2 Å². The molecule has 0 radical (unpaired) electrons. The van der Waals surface area contributed by atoms with E-state index in [9.17, 15) is 13.2 Å². The zero-order valence-electron chi connectivity index (χ0n) is 13.7. The Hall–Kier alpha value is -1.99. The Labute approximate surface area is 146 Å². The van der Waals surface area contributed by atoms with Gasteiger partial charge in [-0.3, -0.25) is 4.31 Å². The molecular weight excluding hydrogens is 346 g/mol. The summed E-state index contributed by atoms with van der Waals surface area (Å²) in [6.07, 6.45) is 1.93. The van der Waals surface area contributed by atoms with Crippen molar-refractivity contribution in [2.45, 2.75) is 16.7 Å². The molecule has 128 valence electrons. The van der Waals surface area contributed by atoms with Gasteiger partial charge in [0.15, 0.2) is 0 Å². The summed E-state index contributed by atoms with van der Waals surface area (Å²) in [5.74, 6) is -0.429. The molecule has 0 unspecified atom stereocenters. The van der Waals surface area contributed by atoms with Crippen molar-refractivity contribution < 1.29 is 17.9 Å². The molecule has 0 fully saturated rings. The quantitative estimate of drug-likeness (QED) is 0.580. The highest BCUT2D eigenvalue weighted by molar-refractivity contribution is 7.98. The summed E-state index contributed by atoms with van der Waals surface area (Å²) in [5, 5.41) is 0. The number of rotatable bonds is 6. The summed E-state index contributed by atoms with van der Waals surface area (Å²) in [6, 6.07) is 13.0. The van der Waals surface area contributed by atoms with Crippen molar-refractivity contribution in [2.75, 3.05) is 24.2 Å². The Morgan fingerprint density at radius 3 is 2.17 bits per heavy atom. The molecular formula is C17H19NO4S2. The Kier molecular flexibility index (Phi) is 5.90. The van der Waals surface area contributed by atoms with Crippen LogP contribution in [0.1, 0.15) is 17.3 Å². The van der Waals surface area contributed by atoms with Crippen molar-refractivity contribution in [2.24, 2.45) is 0 Å². The number of benzene rings is 2. The highest BCUT2D eigenvalue weighted by atomic mass is 32.2. The van der Waals surface area contributed by atoms with E-state index in [1.165, 1.54) is 11.4 Å². The molecule has 0 amide bonds. The minimum absolute atomic E-state index is 0.220. The minimum Gasteiger partial charge on any atom is -0.462 e. The molecule has 0 aliphatic rings. The summed E-state index contributed by atoms with van der Waals surface area (Å²) in [5.41, 5.74) is 0.854. The van der Waals surface area contributed by atoms with E-state index in [0.29, 0.717) is 17.9 Å². The maximum atomic E-state index is 12.7. The van der Waals surface area contributed by atoms with E-state index < -0.39 is 16.0 Å². The standard InChI is InChI=1S/C17H19NO4S2/c1-4-22-17(19)13-5-7-14(8-6-13)18(2)24(20,21)16-11-9-15(23-3)10-12-16/h5-12H,4H2,1-3H3. The first-order valence-corrected chi connectivity index (χ1v) is 9.96. The van der Waals surface area contributed by atoms with Crippen LogP contribution in [0.25, 0.3) is 0 Å². The van der Waals surface area contributed by atoms with Gasteiger partial charge in [0.25, 0.3) is 10.0 Å². The summed E-state index contributed by atoms with van der Waals surface area (Å²) in [7, 11) is -2.17. The molecule has 0 N–H and O–H groups in total. The lowest BCUT2D eigenvalue weighted by Crippen LogP contribution is -2.26. The van der Waals surface area contributed by atoms with Gasteiger partial charge in [0.05, 0.1) is 22.8 Å². The number of nitrogens with zero attached hydrogens (tertiary/aromatic N) is 1. The maximum absolute atomic E-state index is 12.7. The lowest BCUT2D eigenvalue weighted by molar-refractivity contribution is 0.0526. The molecule has 0 aliphatic heterocycles. The number of esters is 1. The molecule has 0 aliphatic carbocycles. The van der Waals surface area contributed by atoms with Crippen LogP contribution in [0.15, 0.2) is 58.3 Å². The summed E-state index contributed by atoms with van der Waals surface area (Å²) in [6.45, 7) is 2.02. The first-order valence-electron chi connectivity index (χ1n) is 7.30. The largest absolute Gasteiger partial charge is 0.462 e. The summed E-state index contributed by atoms with van der Waals surface area (Å²) >= 11 is 1.55. The highest BCUT2D eigenvalue weighted by Gasteiger charge is 2.21. The van der Waals surface area contributed by atoms with Gasteiger partial charge >= 0.3 is 5.97 Å². The van der Waals surface area contributed by atoms with Gasteiger partial charge in [0, 0.05) is 11.9 Å². The topological polar surface area (TPSA) is 63.7 Å². The van der Waals surface area contributed by atoms with Gasteiger partial charge in [-0.25, -0.2) is 13.2 Å². The Morgan fingerprint density at radius 2 is 1.67 bits per heavy atom. The number of hydrogen-bond acceptors (Lipinski definition) is 5. The lowest BCUT2D eigenvalue weighted by atomic mass is 10.2. The smallest absolute Gasteiger partial charge is 0.338 e. The third-order valence-corrected chi connectivity index (χ3v) is 6.00. The number of ether oxygens (including phenoxy) is 1. The number of sulfonamides is 1. The van der Waals surface area contributed by atoms with Crippen LogP contribution in [-0.2, 0) is 14.8 Å². The molecule has 0 bridgehead atoms. The SMILES string of the molecule is CCOC(=O)c1ccc(N(C)S(=O)(=O)c2ccc(SC)cc2)cc1. The van der Waals surface area contributed by atoms with Crippen LogP contribution in [0.4, 0.5) is 5.69 Å². The molecule has 7 heteroatoms. The molecule has 0 heterocycles. The second kappa shape index (κ2) is 7.72. The maximum Gasteiger partial charge on any atom is 0.338 e. The highest BCUT2D eigenvalue weighted by Crippen LogP contribution is 2.24. The second-order valence-corrected chi connectivity index (χ2v) is 7.76. The van der Waals surface area contributed by atoms with Crippen molar-refractivity contribution in [3.05, 3.63) is 54.1 Å². The van der Waals surface area contributed by atoms with Crippen molar-refractivity contribution in [3.8, 4) is 0 Å². The summed E-state index contributed by atoms with van der Waals surface area (Å²) in [4.78, 5) is 12.9. The molecule has 2 rings (SSSR count). The van der Waals surface area contributed by atoms with Crippen LogP contribution in [-0.4, -0.2) is 34.3 Å². The fraction of sp³-hybridized carbons (Fsp3) is 0.235. The van der Waals surface area contributed by atoms with Gasteiger partial charge in [0.2, 0.25) is 0 Å². The number of hydrogen-bond donors (Lipinski definition) is 0. The molecule has 5 nitrogen and oxygen atoms in total. The number of anilines is 1. The zero-order chi connectivity index (χ0) is 17.7. The van der Waals surface area contributed by atoms with E-state index in [2.05, 4.69) is 0 Å². The van der Waals surface area contributed by atoms with E-state index in [4.69, 9.17) is 4.74 Å². The predicted molar refractivity (Wildman–Crippen MR) is 96.2 cm³/mol. The minimum atomic E-state index is -3.65. The first-order chi connectivity index (χ1) is 11.4. The van der Waals surface area contributed by atoms with Crippen LogP contribution in [0.3, 0.4) is 0 Å². The molecule has 0 saturated heterocycles. The number of carbonyl (C=O) groups excluding carboxylic acids is 1. The second-order valence-electron chi connectivity index (χ2n) is 4.92. The molecule has 24 heavy (non-hydrogen) atoms. The first kappa shape index (κ1) is 18.4. The van der Waals surface area contributed by atoms with Gasteiger partial charge in [0.1, 0.15) is 0 Å². The van der Waals surface area contributed by atoms with Gasteiger partial charge in [-0.2, -0.15) is 0 Å². The molecule has 0 aromatic heterocycles. The molecule has 0 saturated carbocycles. The van der Waals surface area contributed by atoms with Gasteiger partial charge < -0.3 is 4.74 Å². The van der Waals surface area contributed by atoms with Gasteiger partial charge in [-0.05, 0) is 61.7 Å². The van der Waals surface area contributed by atoms with E-state index >= 15 is 0 Å². The zero-order valence-corrected chi connectivity index (χ0v) is 15.4. The predicted octanol–water partition coefficient (Wildman–Crippen LogP) is 3.41. The van der Waals surface area contributed by atoms with E-state index in [-0.39, 0.29) is 4.90 Å². The fourth-order valence-electron chi connectivity index (χ4n) is 2.07. The lowest BCUT2D eigenvalue weighted by Gasteiger charge is -2.20. The van der Waals surface area contributed by atoms with E-state index in [1.807, 2.05) is 6.26 Å². The van der Waals surface area contributed by atoms with Gasteiger partial charge in [-0.1, -0.05) is 0 Å². The molecule has 0 atom stereocenters. The van der Waals surface area contributed by atoms with Crippen LogP contribution < -0.4 is 4.31 Å². The molecule has 2 aromatic rings. The number of carbonyl (C=O) groups is 1. The van der Waals surface area contributed by atoms with Crippen molar-refractivity contribution >= 4 is 33.4 Å². The molecule has 2 aromatic carbocycles. The van der Waals surface area contributed by atoms with Crippen LogP contribution in [0.5, 0.6) is 0 Å². The number of thioether (sulfide) groups is 1. The van der Waals surface area contributed by atoms with Crippen LogP contribution in [0, 0.1) is 0 Å². The Bertz CT molecular complexity index is 799. The average molecular weight is 365 g/mol. The van der Waals surface area contributed by atoms with Crippen molar-refractivity contribution in [1.29, 1.82) is 0 Å². The average Bonchev–Trinajstić information content (AvgIpc) is 2.61. The van der Waals surface area contributed by atoms with E-state index in [0.717, 1.165) is 4.90 Å². The monoisotopic (exact) mass is 365 g/mol. The normalized spacial score (nSPS) is 11.1. The van der Waals surface area contributed by atoms with Gasteiger partial charge in [-0.15, -0.1) is 11.8 Å². The van der Waals surface area contributed by atoms with Crippen molar-refractivity contribution in [3.63, 3.8) is 0 Å². The summed E-state index contributed by atoms with van der Waals surface area (Å²) < 4.78 is 31.5. The van der Waals surface area contributed by atoms with Crippen LogP contribution in [0.2, 0.25) is 0 Å². The van der Waals surface area contributed by atoms with Crippen LogP contribution >= 0.6 is 11.8 Å². The third-order valence-electron chi connectivity index (χ3n) is 3.46. The third kappa shape index (κ3) is 3.91. The Balaban J connectivity index is 2.25. The fourth-order valence-corrected chi connectivity index (χ4v) is 3.67.